The summed E-state index contributed by atoms with van der Waals surface area (Å²) in [6.45, 7) is -0.834. The van der Waals surface area contributed by atoms with Gasteiger partial charge in [-0.3, -0.25) is 19.2 Å². The summed E-state index contributed by atoms with van der Waals surface area (Å²) in [6.07, 6.45) is -3.48. The van der Waals surface area contributed by atoms with Gasteiger partial charge in [0.15, 0.2) is 18.4 Å². The van der Waals surface area contributed by atoms with Crippen LogP contribution in [0, 0.1) is 17.3 Å². The average molecular weight is 724 g/mol. The first-order valence-electron chi connectivity index (χ1n) is 17.1. The summed E-state index contributed by atoms with van der Waals surface area (Å²) < 4.78 is 60.7. The summed E-state index contributed by atoms with van der Waals surface area (Å²) in [6, 6.07) is 3.83. The summed E-state index contributed by atoms with van der Waals surface area (Å²) in [4.78, 5) is 59.7. The van der Waals surface area contributed by atoms with Gasteiger partial charge in [0.2, 0.25) is 11.8 Å². The molecule has 1 aromatic carbocycles. The van der Waals surface area contributed by atoms with Gasteiger partial charge < -0.3 is 39.8 Å². The Bertz CT molecular complexity index is 1550. The molecule has 7 rings (SSSR count). The summed E-state index contributed by atoms with van der Waals surface area (Å²) in [5.41, 5.74) is -0.516. The minimum Gasteiger partial charge on any atom is -0.458 e. The fraction of sp³-hybridized carbons (Fsp3) is 0.647. The number of aliphatic hydroxyl groups is 2. The van der Waals surface area contributed by atoms with Crippen LogP contribution in [-0.4, -0.2) is 113 Å². The molecule has 3 saturated carbocycles. The second kappa shape index (κ2) is 13.4. The maximum atomic E-state index is 14.6. The second-order valence-corrected chi connectivity index (χ2v) is 14.2. The summed E-state index contributed by atoms with van der Waals surface area (Å²) in [5, 5.41) is 26.2. The molecular formula is C34H40F3N3O11. The molecular weight excluding hydrogens is 683 g/mol. The molecule has 0 spiro atoms. The minimum atomic E-state index is -4.64. The standard InChI is InChI=1S/C34H40F3N3O11/c1-17(42)24(29(44)38-12-13-41)39-31(46)32-14-22-25-26(50-34(49-25,20-7-8-20)21-9-10-21)28(32)51-40(27(32)30(45)48-22)15-19-4-2-18(3-5-19)6-11-23(43)47-16-33(35,36)37/h2-6,11,17,20-22,24-28,41-42H,7-10,12-16H2,1H3,(H,38,44)(H,39,46). The van der Waals surface area contributed by atoms with E-state index >= 15 is 0 Å². The number of alkyl halides is 3. The Labute approximate surface area is 290 Å². The first kappa shape index (κ1) is 35.8. The van der Waals surface area contributed by atoms with E-state index in [0.717, 1.165) is 31.8 Å². The van der Waals surface area contributed by atoms with E-state index in [2.05, 4.69) is 15.4 Å². The van der Waals surface area contributed by atoms with Crippen molar-refractivity contribution in [1.82, 2.24) is 15.7 Å². The largest absolute Gasteiger partial charge is 0.458 e. The maximum absolute atomic E-state index is 14.6. The molecule has 278 valence electrons. The van der Waals surface area contributed by atoms with Crippen molar-refractivity contribution in [1.29, 1.82) is 0 Å². The molecule has 3 heterocycles. The molecule has 14 nitrogen and oxygen atoms in total. The van der Waals surface area contributed by atoms with E-state index in [9.17, 15) is 42.6 Å². The predicted molar refractivity (Wildman–Crippen MR) is 165 cm³/mol. The van der Waals surface area contributed by atoms with Crippen molar-refractivity contribution in [2.45, 2.75) is 100 Å². The van der Waals surface area contributed by atoms with Gasteiger partial charge in [0.1, 0.15) is 35.9 Å². The fourth-order valence-corrected chi connectivity index (χ4v) is 7.92. The number of benzene rings is 1. The van der Waals surface area contributed by atoms with Gasteiger partial charge >= 0.3 is 18.1 Å². The maximum Gasteiger partial charge on any atom is 0.422 e. The lowest BCUT2D eigenvalue weighted by Crippen LogP contribution is -2.71. The van der Waals surface area contributed by atoms with Crippen molar-refractivity contribution in [2.75, 3.05) is 19.8 Å². The fourth-order valence-electron chi connectivity index (χ4n) is 7.92. The Morgan fingerprint density at radius 3 is 2.37 bits per heavy atom. The first-order valence-corrected chi connectivity index (χ1v) is 17.1. The number of amides is 2. The molecule has 3 saturated heterocycles. The zero-order chi connectivity index (χ0) is 36.3. The third-order valence-corrected chi connectivity index (χ3v) is 10.5. The number of rotatable bonds is 13. The van der Waals surface area contributed by atoms with Gasteiger partial charge in [-0.25, -0.2) is 4.79 Å². The molecule has 3 aliphatic carbocycles. The van der Waals surface area contributed by atoms with Crippen molar-refractivity contribution in [3.8, 4) is 0 Å². The molecule has 0 aromatic heterocycles. The van der Waals surface area contributed by atoms with Gasteiger partial charge in [-0.05, 0) is 49.8 Å². The van der Waals surface area contributed by atoms with Crippen LogP contribution in [0.2, 0.25) is 0 Å². The van der Waals surface area contributed by atoms with Crippen molar-refractivity contribution >= 4 is 29.8 Å². The highest BCUT2D eigenvalue weighted by Crippen LogP contribution is 2.63. The van der Waals surface area contributed by atoms with Gasteiger partial charge in [-0.2, -0.15) is 18.2 Å². The first-order chi connectivity index (χ1) is 24.3. The second-order valence-electron chi connectivity index (χ2n) is 14.2. The van der Waals surface area contributed by atoms with Gasteiger partial charge in [0.25, 0.3) is 0 Å². The Kier molecular flexibility index (Phi) is 9.41. The molecule has 2 amide bonds. The van der Waals surface area contributed by atoms with E-state index < -0.39 is 90.3 Å². The molecule has 51 heavy (non-hydrogen) atoms. The summed E-state index contributed by atoms with van der Waals surface area (Å²) in [5.74, 6) is -3.86. The van der Waals surface area contributed by atoms with Crippen molar-refractivity contribution in [3.63, 3.8) is 0 Å². The highest BCUT2D eigenvalue weighted by atomic mass is 19.4. The Morgan fingerprint density at radius 2 is 1.76 bits per heavy atom. The van der Waals surface area contributed by atoms with Gasteiger partial charge in [0.05, 0.1) is 19.3 Å². The SMILES string of the molecule is CC(O)C(NC(=O)C12CC3OC(=O)C1N(Cc1ccc(C=CC(=O)OCC(F)(F)F)cc1)OC2C1OC(C2CC2)(C2CC2)OC31)C(=O)NCCO. The van der Waals surface area contributed by atoms with Crippen LogP contribution in [0.1, 0.15) is 50.2 Å². The molecule has 2 bridgehead atoms. The van der Waals surface area contributed by atoms with Crippen molar-refractivity contribution in [3.05, 3.63) is 41.5 Å². The van der Waals surface area contributed by atoms with Crippen LogP contribution in [-0.2, 0) is 49.5 Å². The number of hydrogen-bond donors (Lipinski definition) is 4. The number of nitrogens with zero attached hydrogens (tertiary/aromatic N) is 1. The Balaban J connectivity index is 1.16. The van der Waals surface area contributed by atoms with Crippen LogP contribution in [0.15, 0.2) is 30.3 Å². The van der Waals surface area contributed by atoms with Crippen LogP contribution in [0.3, 0.4) is 0 Å². The molecule has 8 atom stereocenters. The number of aliphatic hydroxyl groups excluding tert-OH is 2. The third kappa shape index (κ3) is 6.75. The number of hydroxylamine groups is 2. The number of ether oxygens (including phenoxy) is 4. The van der Waals surface area contributed by atoms with Gasteiger partial charge in [-0.1, -0.05) is 24.3 Å². The monoisotopic (exact) mass is 723 g/mol. The summed E-state index contributed by atoms with van der Waals surface area (Å²) in [7, 11) is 0. The third-order valence-electron chi connectivity index (χ3n) is 10.5. The minimum absolute atomic E-state index is 0.00526. The molecule has 1 aromatic rings. The zero-order valence-corrected chi connectivity index (χ0v) is 27.7. The average Bonchev–Trinajstić information content (AvgIpc) is 4.03. The quantitative estimate of drug-likeness (QED) is 0.167. The number of carbonyl (C=O) groups excluding carboxylic acids is 4. The van der Waals surface area contributed by atoms with E-state index in [1.807, 2.05) is 0 Å². The number of esters is 2. The van der Waals surface area contributed by atoms with E-state index in [-0.39, 0.29) is 38.0 Å². The number of hydrogen-bond acceptors (Lipinski definition) is 12. The molecule has 0 radical (unpaired) electrons. The topological polar surface area (TPSA) is 182 Å². The Morgan fingerprint density at radius 1 is 1.10 bits per heavy atom. The predicted octanol–water partition coefficient (Wildman–Crippen LogP) is 0.880. The number of nitrogens with one attached hydrogen (secondary N) is 2. The van der Waals surface area contributed by atoms with Crippen molar-refractivity contribution < 1.29 is 66.3 Å². The van der Waals surface area contributed by atoms with Crippen LogP contribution in [0.5, 0.6) is 0 Å². The highest BCUT2D eigenvalue weighted by molar-refractivity contribution is 5.96. The molecule has 4 N–H and O–H groups in total. The Hall–Kier alpha value is -3.61. The number of fused-ring (bicyclic) bond motifs is 4. The van der Waals surface area contributed by atoms with Gasteiger partial charge in [-0.15, -0.1) is 0 Å². The van der Waals surface area contributed by atoms with E-state index in [0.29, 0.717) is 11.1 Å². The van der Waals surface area contributed by atoms with E-state index in [1.165, 1.54) is 18.1 Å². The van der Waals surface area contributed by atoms with Crippen LogP contribution >= 0.6 is 0 Å². The molecule has 6 fully saturated rings. The lowest BCUT2D eigenvalue weighted by molar-refractivity contribution is -0.235. The van der Waals surface area contributed by atoms with Crippen LogP contribution in [0.25, 0.3) is 6.08 Å². The molecule has 3 aliphatic heterocycles. The number of halogens is 3. The van der Waals surface area contributed by atoms with Crippen LogP contribution in [0.4, 0.5) is 13.2 Å². The smallest absolute Gasteiger partial charge is 0.422 e. The number of carbonyl (C=O) groups is 4. The molecule has 6 aliphatic rings. The molecule has 17 heteroatoms. The van der Waals surface area contributed by atoms with E-state index in [1.54, 1.807) is 24.3 Å². The van der Waals surface area contributed by atoms with Crippen molar-refractivity contribution in [2.24, 2.45) is 17.3 Å². The normalized spacial score (nSPS) is 32.2. The molecule has 8 unspecified atom stereocenters. The van der Waals surface area contributed by atoms with E-state index in [4.69, 9.17) is 19.0 Å². The lowest BCUT2D eigenvalue weighted by Gasteiger charge is -2.49. The summed E-state index contributed by atoms with van der Waals surface area (Å²) >= 11 is 0. The van der Waals surface area contributed by atoms with Crippen LogP contribution < -0.4 is 10.6 Å². The van der Waals surface area contributed by atoms with Gasteiger partial charge in [0, 0.05) is 30.9 Å². The zero-order valence-electron chi connectivity index (χ0n) is 27.7. The lowest BCUT2D eigenvalue weighted by atomic mass is 9.62. The highest BCUT2D eigenvalue weighted by Gasteiger charge is 2.78.